The molecule has 28 valence electrons. The molecule has 0 aromatic rings. The van der Waals surface area contributed by atoms with Crippen LogP contribution in [0.5, 0.6) is 0 Å². The summed E-state index contributed by atoms with van der Waals surface area (Å²) >= 11 is 5.57. The zero-order chi connectivity index (χ0) is 4.28. The van der Waals surface area contributed by atoms with Gasteiger partial charge in [0.15, 0.2) is 0 Å². The van der Waals surface area contributed by atoms with Gasteiger partial charge in [0.2, 0.25) is 0 Å². The third-order valence-electron chi connectivity index (χ3n) is 0.0772. The third-order valence-corrected chi connectivity index (χ3v) is 0.401. The monoisotopic (exact) mass is 198 g/mol. The predicted molar refractivity (Wildman–Crippen MR) is 27.1 cm³/mol. The maximum atomic E-state index is 9.25. The van der Waals surface area contributed by atoms with Crippen molar-refractivity contribution in [3.63, 3.8) is 0 Å². The molecule has 0 aliphatic carbocycles. The topological polar surface area (TPSA) is 17.1 Å². The average molecular weight is 200 g/mol. The fraction of sp³-hybridized carbons (Fsp3) is 0. The Hall–Kier alpha value is 0.410. The van der Waals surface area contributed by atoms with E-state index in [1.165, 1.54) is 5.94 Å². The summed E-state index contributed by atoms with van der Waals surface area (Å²) in [6, 6.07) is 0. The molecule has 0 radical (unpaired) electrons. The molecule has 1 nitrogen and oxygen atoms in total. The maximum Gasteiger partial charge on any atom is 0.147 e. The standard InChI is InChI=1S/C2Br2O/c3-2(4)1-5. The van der Waals surface area contributed by atoms with E-state index in [9.17, 15) is 4.79 Å². The molecule has 0 amide bonds. The van der Waals surface area contributed by atoms with Crippen molar-refractivity contribution in [2.75, 3.05) is 0 Å². The number of halogens is 2. The summed E-state index contributed by atoms with van der Waals surface area (Å²) in [7, 11) is 0. The van der Waals surface area contributed by atoms with E-state index in [-0.39, 0.29) is 0 Å². The van der Waals surface area contributed by atoms with Crippen LogP contribution in [0, 0.1) is 0 Å². The lowest BCUT2D eigenvalue weighted by molar-refractivity contribution is 0.569. The molecule has 3 heteroatoms. The van der Waals surface area contributed by atoms with E-state index >= 15 is 0 Å². The van der Waals surface area contributed by atoms with E-state index in [0.29, 0.717) is 3.39 Å². The second kappa shape index (κ2) is 2.64. The van der Waals surface area contributed by atoms with Gasteiger partial charge in [-0.25, -0.2) is 4.79 Å². The van der Waals surface area contributed by atoms with Crippen LogP contribution in [0.15, 0.2) is 3.39 Å². The van der Waals surface area contributed by atoms with Gasteiger partial charge in [0.05, 0.1) is 0 Å². The first-order chi connectivity index (χ1) is 2.27. The Morgan fingerprint density at radius 3 is 1.80 bits per heavy atom. The smallest absolute Gasteiger partial charge is 0.147 e. The molecule has 0 atom stereocenters. The minimum Gasteiger partial charge on any atom is -0.232 e. The Morgan fingerprint density at radius 2 is 1.80 bits per heavy atom. The van der Waals surface area contributed by atoms with Crippen LogP contribution < -0.4 is 0 Å². The molecule has 0 heterocycles. The molecule has 0 aliphatic heterocycles. The zero-order valence-corrected chi connectivity index (χ0v) is 5.34. The summed E-state index contributed by atoms with van der Waals surface area (Å²) in [5.41, 5.74) is 0. The Morgan fingerprint density at radius 1 is 1.60 bits per heavy atom. The Kier molecular flexibility index (Phi) is 2.85. The molecule has 0 unspecified atom stereocenters. The highest BCUT2D eigenvalue weighted by atomic mass is 79.9. The lowest BCUT2D eigenvalue weighted by Crippen LogP contribution is -1.41. The molecular weight excluding hydrogens is 200 g/mol. The molecule has 0 aromatic heterocycles. The van der Waals surface area contributed by atoms with Crippen molar-refractivity contribution in [3.8, 4) is 0 Å². The van der Waals surface area contributed by atoms with Crippen LogP contribution in [0.4, 0.5) is 0 Å². The summed E-state index contributed by atoms with van der Waals surface area (Å²) in [5.74, 6) is 1.53. The Labute approximate surface area is 46.3 Å². The van der Waals surface area contributed by atoms with Crippen LogP contribution >= 0.6 is 31.9 Å². The van der Waals surface area contributed by atoms with Gasteiger partial charge in [-0.05, 0) is 31.9 Å². The normalized spacial score (nSPS) is 6.00. The van der Waals surface area contributed by atoms with Crippen LogP contribution in [0.1, 0.15) is 0 Å². The first kappa shape index (κ1) is 5.41. The van der Waals surface area contributed by atoms with Gasteiger partial charge in [-0.3, -0.25) is 0 Å². The van der Waals surface area contributed by atoms with Gasteiger partial charge in [0.25, 0.3) is 0 Å². The van der Waals surface area contributed by atoms with E-state index < -0.39 is 0 Å². The molecule has 0 aliphatic rings. The predicted octanol–water partition coefficient (Wildman–Crippen LogP) is 1.45. The highest BCUT2D eigenvalue weighted by Gasteiger charge is 1.69. The summed E-state index contributed by atoms with van der Waals surface area (Å²) in [4.78, 5) is 9.25. The first-order valence-corrected chi connectivity index (χ1v) is 2.42. The lowest BCUT2D eigenvalue weighted by atomic mass is 11.2. The maximum absolute atomic E-state index is 9.25. The number of hydrogen-bond donors (Lipinski definition) is 0. The van der Waals surface area contributed by atoms with Crippen molar-refractivity contribution in [1.29, 1.82) is 0 Å². The van der Waals surface area contributed by atoms with Crippen molar-refractivity contribution in [2.45, 2.75) is 0 Å². The van der Waals surface area contributed by atoms with E-state index in [0.717, 1.165) is 0 Å². The van der Waals surface area contributed by atoms with Crippen LogP contribution in [-0.2, 0) is 4.79 Å². The molecule has 0 aromatic carbocycles. The summed E-state index contributed by atoms with van der Waals surface area (Å²) < 4.78 is 0.324. The average Bonchev–Trinajstić information content (AvgIpc) is 1.38. The van der Waals surface area contributed by atoms with Crippen LogP contribution in [0.3, 0.4) is 0 Å². The van der Waals surface area contributed by atoms with Crippen molar-refractivity contribution in [2.24, 2.45) is 0 Å². The van der Waals surface area contributed by atoms with Crippen LogP contribution in [0.2, 0.25) is 0 Å². The number of hydrogen-bond acceptors (Lipinski definition) is 1. The fourth-order valence-electron chi connectivity index (χ4n) is 0. The summed E-state index contributed by atoms with van der Waals surface area (Å²) in [5, 5.41) is 0. The van der Waals surface area contributed by atoms with Gasteiger partial charge < -0.3 is 0 Å². The molecule has 0 saturated heterocycles. The molecule has 0 saturated carbocycles. The molecular formula is C2Br2O. The van der Waals surface area contributed by atoms with Crippen molar-refractivity contribution < 1.29 is 4.79 Å². The van der Waals surface area contributed by atoms with Crippen molar-refractivity contribution in [1.82, 2.24) is 0 Å². The van der Waals surface area contributed by atoms with Gasteiger partial charge >= 0.3 is 0 Å². The molecule has 0 bridgehead atoms. The zero-order valence-electron chi connectivity index (χ0n) is 2.16. The van der Waals surface area contributed by atoms with Gasteiger partial charge in [0.1, 0.15) is 9.33 Å². The van der Waals surface area contributed by atoms with Gasteiger partial charge in [-0.2, -0.15) is 0 Å². The second-order valence-corrected chi connectivity index (χ2v) is 3.01. The third kappa shape index (κ3) is 4.41. The molecule has 0 fully saturated rings. The quantitative estimate of drug-likeness (QED) is 0.540. The SMILES string of the molecule is O=C=C(Br)Br. The summed E-state index contributed by atoms with van der Waals surface area (Å²) in [6.45, 7) is 0. The van der Waals surface area contributed by atoms with Gasteiger partial charge in [0, 0.05) is 0 Å². The van der Waals surface area contributed by atoms with E-state index in [1.54, 1.807) is 0 Å². The Bertz CT molecular complexity index is 67.7. The van der Waals surface area contributed by atoms with E-state index in [4.69, 9.17) is 0 Å². The van der Waals surface area contributed by atoms with Gasteiger partial charge in [-0.1, -0.05) is 0 Å². The summed E-state index contributed by atoms with van der Waals surface area (Å²) in [6.07, 6.45) is 0. The molecule has 5 heavy (non-hydrogen) atoms. The van der Waals surface area contributed by atoms with E-state index in [2.05, 4.69) is 31.9 Å². The minimum absolute atomic E-state index is 0.324. The van der Waals surface area contributed by atoms with Gasteiger partial charge in [-0.15, -0.1) is 0 Å². The fourth-order valence-corrected chi connectivity index (χ4v) is 0. The van der Waals surface area contributed by atoms with Crippen molar-refractivity contribution in [3.05, 3.63) is 3.39 Å². The number of carbonyl (C=O) groups excluding carboxylic acids is 1. The van der Waals surface area contributed by atoms with Crippen LogP contribution in [-0.4, -0.2) is 5.94 Å². The van der Waals surface area contributed by atoms with Crippen molar-refractivity contribution >= 4 is 37.8 Å². The highest BCUT2D eigenvalue weighted by molar-refractivity contribution is 9.28. The molecule has 0 rings (SSSR count). The Balaban J connectivity index is 3.60. The molecule has 0 spiro atoms. The van der Waals surface area contributed by atoms with E-state index in [1.807, 2.05) is 0 Å². The largest absolute Gasteiger partial charge is 0.232 e. The van der Waals surface area contributed by atoms with Crippen LogP contribution in [0.25, 0.3) is 0 Å². The minimum atomic E-state index is 0.324. The number of rotatable bonds is 0. The molecule has 0 N–H and O–H groups in total. The highest BCUT2D eigenvalue weighted by Crippen LogP contribution is 2.05. The lowest BCUT2D eigenvalue weighted by Gasteiger charge is -1.55. The second-order valence-electron chi connectivity index (χ2n) is 0.362. The first-order valence-electron chi connectivity index (χ1n) is 0.832.